The lowest BCUT2D eigenvalue weighted by molar-refractivity contribution is -0.156. The van der Waals surface area contributed by atoms with Crippen LogP contribution in [0.4, 0.5) is 29.3 Å². The Hall–Kier alpha value is -7.55. The van der Waals surface area contributed by atoms with Crippen molar-refractivity contribution in [3.05, 3.63) is 159 Å². The first-order chi connectivity index (χ1) is 36.6. The summed E-state index contributed by atoms with van der Waals surface area (Å²) in [6.07, 6.45) is -2.79. The Balaban J connectivity index is 0.000000184. The second-order valence-corrected chi connectivity index (χ2v) is 20.3. The van der Waals surface area contributed by atoms with Crippen LogP contribution in [-0.4, -0.2) is 62.3 Å². The van der Waals surface area contributed by atoms with Gasteiger partial charge in [-0.1, -0.05) is 84.0 Å². The van der Waals surface area contributed by atoms with Gasteiger partial charge in [-0.05, 0) is 165 Å². The zero-order valence-corrected chi connectivity index (χ0v) is 44.6. The molecule has 4 aliphatic rings. The van der Waals surface area contributed by atoms with Gasteiger partial charge in [-0.25, -0.2) is 4.79 Å². The van der Waals surface area contributed by atoms with Gasteiger partial charge in [0.25, 0.3) is 0 Å². The first kappa shape index (κ1) is 59.7. The van der Waals surface area contributed by atoms with Gasteiger partial charge in [0.1, 0.15) is 5.60 Å². The van der Waals surface area contributed by atoms with Crippen molar-refractivity contribution in [3.63, 3.8) is 0 Å². The molecule has 78 heavy (non-hydrogen) atoms. The van der Waals surface area contributed by atoms with E-state index in [4.69, 9.17) is 43.9 Å². The van der Waals surface area contributed by atoms with E-state index < -0.39 is 35.0 Å². The molecule has 15 nitrogen and oxygen atoms in total. The Labute approximate surface area is 460 Å². The number of carbonyl (C=O) groups is 4. The molecule has 6 aromatic rings. The second-order valence-electron chi connectivity index (χ2n) is 19.5. The molecule has 0 bridgehead atoms. The quantitative estimate of drug-likeness (QED) is 0.0573. The number of fused-ring (bicyclic) bond motifs is 2. The predicted octanol–water partition coefficient (Wildman–Crippen LogP) is 11.7. The number of hydrogen-bond donors (Lipinski definition) is 5. The highest BCUT2D eigenvalue weighted by Crippen LogP contribution is 2.52. The molecule has 2 aliphatic heterocycles. The fourth-order valence-electron chi connectivity index (χ4n) is 8.17. The fraction of sp³-hybridized carbons (Fsp3) is 0.310. The molecule has 2 fully saturated rings. The minimum absolute atomic E-state index is 0. The molecule has 2 heterocycles. The first-order valence-electron chi connectivity index (χ1n) is 24.4. The van der Waals surface area contributed by atoms with Crippen molar-refractivity contribution in [2.45, 2.75) is 103 Å². The number of benzene rings is 6. The first-order valence-corrected chi connectivity index (χ1v) is 25.2. The molecular weight excluding hydrogens is 1080 g/mol. The monoisotopic (exact) mass is 1140 g/mol. The number of carbonyl (C=O) groups excluding carboxylic acids is 4. The minimum Gasteiger partial charge on any atom is -0.537 e. The summed E-state index contributed by atoms with van der Waals surface area (Å²) in [6.45, 7) is 10.9. The topological polar surface area (TPSA) is 206 Å². The number of aldehydes is 1. The van der Waals surface area contributed by atoms with E-state index in [0.717, 1.165) is 103 Å². The van der Waals surface area contributed by atoms with Crippen LogP contribution in [0.15, 0.2) is 126 Å². The molecule has 411 valence electrons. The lowest BCUT2D eigenvalue weighted by Gasteiger charge is -2.19. The van der Waals surface area contributed by atoms with Crippen LogP contribution in [0.2, 0.25) is 0 Å². The number of nitrogens with two attached hydrogens (primary N) is 1. The summed E-state index contributed by atoms with van der Waals surface area (Å²) >= 11 is 3.50. The van der Waals surface area contributed by atoms with Crippen LogP contribution in [0.25, 0.3) is 11.1 Å². The Morgan fingerprint density at radius 2 is 1.17 bits per heavy atom. The zero-order valence-electron chi connectivity index (χ0n) is 43.0. The van der Waals surface area contributed by atoms with Crippen LogP contribution in [0, 0.1) is 13.8 Å². The molecular formula is C58H62BBrF3N4O11. The molecule has 20 heteroatoms. The van der Waals surface area contributed by atoms with E-state index in [0.29, 0.717) is 32.3 Å². The number of halogens is 4. The molecule has 6 N–H and O–H groups in total. The number of rotatable bonds is 12. The van der Waals surface area contributed by atoms with Gasteiger partial charge >= 0.3 is 20.0 Å². The van der Waals surface area contributed by atoms with Gasteiger partial charge in [-0.15, -0.1) is 0 Å². The highest BCUT2D eigenvalue weighted by molar-refractivity contribution is 9.10. The number of anilines is 2. The van der Waals surface area contributed by atoms with Crippen LogP contribution in [0.5, 0.6) is 28.7 Å². The van der Waals surface area contributed by atoms with Gasteiger partial charge in [-0.2, -0.15) is 13.2 Å². The summed E-state index contributed by atoms with van der Waals surface area (Å²) in [4.78, 5) is 46.1. The molecule has 0 spiro atoms. The lowest BCUT2D eigenvalue weighted by atomic mass is 9.94. The molecule has 6 aromatic carbocycles. The second kappa shape index (κ2) is 25.7. The van der Waals surface area contributed by atoms with Crippen LogP contribution in [0.3, 0.4) is 0 Å². The number of amides is 3. The Bertz CT molecular complexity index is 3070. The molecule has 0 unspecified atom stereocenters. The van der Waals surface area contributed by atoms with Crippen molar-refractivity contribution in [3.8, 4) is 39.9 Å². The van der Waals surface area contributed by atoms with E-state index in [1.807, 2.05) is 113 Å². The number of alkyl halides is 3. The number of ether oxygens (including phenoxy) is 5. The average Bonchev–Trinajstić information content (AvgIpc) is 4.35. The number of aryl methyl sites for hydroxylation is 2. The fourth-order valence-corrected chi connectivity index (χ4v) is 8.55. The summed E-state index contributed by atoms with van der Waals surface area (Å²) in [5.74, 6) is 3.50. The number of hydrogen-bond acceptors (Lipinski definition) is 12. The van der Waals surface area contributed by atoms with Crippen LogP contribution in [0.1, 0.15) is 87.3 Å². The largest absolute Gasteiger partial charge is 0.569 e. The molecule has 0 aromatic heterocycles. The van der Waals surface area contributed by atoms with E-state index in [-0.39, 0.29) is 32.8 Å². The number of nitrogens with one attached hydrogen (secondary N) is 3. The summed E-state index contributed by atoms with van der Waals surface area (Å²) in [7, 11) is 0.619. The van der Waals surface area contributed by atoms with Crippen molar-refractivity contribution >= 4 is 59.2 Å². The van der Waals surface area contributed by atoms with Crippen LogP contribution >= 0.6 is 15.9 Å². The minimum atomic E-state index is -4.64. The van der Waals surface area contributed by atoms with Crippen molar-refractivity contribution in [1.29, 1.82) is 0 Å². The SMILES string of the molecule is C.CC(C)(C)OC(=O)NCc1ccc(O[B]O)cc1.Cc1ccc(NC(=O)C2(c3ccc4c(c3)OCO4)CC2)cc1-c1ccc(CN)cc1.Cc1ccc(NC(=O)C2(c3ccc4c(c3)OCO4)CC2)cc1Br.O=CC(F)(F)F. The standard InChI is InChI=1S/C25H24N2O3.C18H16BrNO3.C12H17BNO4.C2HF3O.CH4/c1-16-2-8-20(13-21(16)18-5-3-17(14-26)4-6-18)27-24(28)25(10-11-25)19-7-9-22-23(12-19)30-15-29-22;1-11-2-4-13(9-14(11)19)20-17(21)18(6-7-18)12-3-5-15-16(8-12)23-10-22-15;1-12(2,3)17-11(15)14-8-9-4-6-10(7-5-9)18-13-16;3-2(4,5)1-6;/h2-9,12-13H,10-11,14-15,26H2,1H3,(H,27,28);2-5,8-9H,6-7,10H2,1H3,(H,20,21);4-7,16H,8H2,1-3H3,(H,14,15);1H;1H4. The Kier molecular flexibility index (Phi) is 19.7. The van der Waals surface area contributed by atoms with Crippen molar-refractivity contribution < 1.29 is 65.7 Å². The Morgan fingerprint density at radius 3 is 1.62 bits per heavy atom. The molecule has 10 rings (SSSR count). The maximum Gasteiger partial charge on any atom is 0.569 e. The molecule has 2 aliphatic carbocycles. The Morgan fingerprint density at radius 1 is 0.692 bits per heavy atom. The van der Waals surface area contributed by atoms with Gasteiger partial charge in [0.15, 0.2) is 23.0 Å². The zero-order chi connectivity index (χ0) is 55.5. The molecule has 0 saturated heterocycles. The van der Waals surface area contributed by atoms with Gasteiger partial charge in [-0.3, -0.25) is 14.4 Å². The molecule has 1 radical (unpaired) electrons. The van der Waals surface area contributed by atoms with Crippen LogP contribution in [-0.2, 0) is 43.0 Å². The highest BCUT2D eigenvalue weighted by Gasteiger charge is 2.52. The molecule has 0 atom stereocenters. The van der Waals surface area contributed by atoms with E-state index in [1.54, 1.807) is 24.3 Å². The summed E-state index contributed by atoms with van der Waals surface area (Å²) in [5.41, 5.74) is 14.4. The normalized spacial score (nSPS) is 14.3. The van der Waals surface area contributed by atoms with Gasteiger partial charge < -0.3 is 55.0 Å². The van der Waals surface area contributed by atoms with Crippen LogP contribution < -0.4 is 45.3 Å². The smallest absolute Gasteiger partial charge is 0.537 e. The molecule has 3 amide bonds. The molecule has 2 saturated carbocycles. The predicted molar refractivity (Wildman–Crippen MR) is 295 cm³/mol. The summed E-state index contributed by atoms with van der Waals surface area (Å²) in [6, 6.07) is 38.7. The average molecular weight is 1140 g/mol. The van der Waals surface area contributed by atoms with E-state index >= 15 is 0 Å². The van der Waals surface area contributed by atoms with Gasteiger partial charge in [0.05, 0.1) is 16.6 Å². The van der Waals surface area contributed by atoms with Crippen molar-refractivity contribution in [2.75, 3.05) is 24.2 Å². The third-order valence-electron chi connectivity index (χ3n) is 12.7. The van der Waals surface area contributed by atoms with Gasteiger partial charge in [0, 0.05) is 28.9 Å². The third kappa shape index (κ3) is 15.8. The maximum atomic E-state index is 13.2. The summed E-state index contributed by atoms with van der Waals surface area (Å²) < 4.78 is 63.8. The number of alkyl carbamates (subject to hydrolysis) is 1. The highest BCUT2D eigenvalue weighted by atomic mass is 79.9. The maximum absolute atomic E-state index is 13.2. The van der Waals surface area contributed by atoms with E-state index in [1.165, 1.54) is 0 Å². The lowest BCUT2D eigenvalue weighted by Crippen LogP contribution is -2.32. The third-order valence-corrected chi connectivity index (χ3v) is 13.6. The van der Waals surface area contributed by atoms with Crippen molar-refractivity contribution in [1.82, 2.24) is 5.32 Å². The van der Waals surface area contributed by atoms with E-state index in [9.17, 15) is 27.6 Å². The summed E-state index contributed by atoms with van der Waals surface area (Å²) in [5, 5.41) is 17.3. The van der Waals surface area contributed by atoms with E-state index in [2.05, 4.69) is 50.9 Å². The van der Waals surface area contributed by atoms with Gasteiger partial charge in [0.2, 0.25) is 31.7 Å². The van der Waals surface area contributed by atoms with Crippen molar-refractivity contribution in [2.24, 2.45) is 5.73 Å².